The summed E-state index contributed by atoms with van der Waals surface area (Å²) in [6, 6.07) is 21.0. The number of aromatic hydroxyl groups is 1. The summed E-state index contributed by atoms with van der Waals surface area (Å²) in [7, 11) is 1.59. The molecule has 3 aromatic carbocycles. The van der Waals surface area contributed by atoms with Gasteiger partial charge < -0.3 is 9.84 Å². The third kappa shape index (κ3) is 3.86. The van der Waals surface area contributed by atoms with Gasteiger partial charge in [-0.3, -0.25) is 9.69 Å². The molecule has 5 nitrogen and oxygen atoms in total. The summed E-state index contributed by atoms with van der Waals surface area (Å²) in [5.74, 6) is 1.05. The highest BCUT2D eigenvalue weighted by Gasteiger charge is 2.32. The van der Waals surface area contributed by atoms with Crippen LogP contribution in [0.25, 0.3) is 6.08 Å². The van der Waals surface area contributed by atoms with Crippen LogP contribution in [0, 0.1) is 0 Å². The summed E-state index contributed by atoms with van der Waals surface area (Å²) >= 11 is 6.01. The number of amides is 1. The number of phenols is 1. The van der Waals surface area contributed by atoms with Crippen LogP contribution in [0.1, 0.15) is 11.1 Å². The average molecular weight is 405 g/mol. The highest BCUT2D eigenvalue weighted by molar-refractivity contribution is 6.34. The van der Waals surface area contributed by atoms with E-state index in [0.717, 1.165) is 11.1 Å². The van der Waals surface area contributed by atoms with E-state index < -0.39 is 0 Å². The van der Waals surface area contributed by atoms with Crippen LogP contribution in [-0.2, 0) is 4.79 Å². The van der Waals surface area contributed by atoms with Gasteiger partial charge in [0.2, 0.25) is 0 Å². The van der Waals surface area contributed by atoms with Crippen molar-refractivity contribution >= 4 is 35.1 Å². The van der Waals surface area contributed by atoms with Crippen LogP contribution in [0.15, 0.2) is 83.5 Å². The van der Waals surface area contributed by atoms with Gasteiger partial charge in [0.1, 0.15) is 23.0 Å². The first-order valence-electron chi connectivity index (χ1n) is 8.89. The number of hydrogen-bond acceptors (Lipinski definition) is 4. The SMILES string of the molecule is COc1cccc(/C=C2/N=C(c3ccc(Cl)cc3)N(c3ccc(O)cc3)C2=O)c1. The van der Waals surface area contributed by atoms with Crippen LogP contribution in [0.2, 0.25) is 5.02 Å². The zero-order chi connectivity index (χ0) is 20.4. The molecule has 1 aliphatic heterocycles. The Morgan fingerprint density at radius 2 is 1.76 bits per heavy atom. The molecule has 0 fully saturated rings. The second-order valence-electron chi connectivity index (χ2n) is 6.41. The molecule has 0 unspecified atom stereocenters. The molecule has 1 aliphatic rings. The van der Waals surface area contributed by atoms with E-state index in [0.29, 0.717) is 28.0 Å². The van der Waals surface area contributed by atoms with Crippen molar-refractivity contribution in [3.63, 3.8) is 0 Å². The lowest BCUT2D eigenvalue weighted by Crippen LogP contribution is -2.32. The molecule has 29 heavy (non-hydrogen) atoms. The van der Waals surface area contributed by atoms with Crippen LogP contribution in [-0.4, -0.2) is 24.0 Å². The standard InChI is InChI=1S/C23H17ClN2O3/c1-29-20-4-2-3-15(13-20)14-21-23(28)26(18-9-11-19(27)12-10-18)22(25-21)16-5-7-17(24)8-6-16/h2-14,27H,1H3/b21-14+. The van der Waals surface area contributed by atoms with Crippen molar-refractivity contribution in [2.24, 2.45) is 4.99 Å². The van der Waals surface area contributed by atoms with Crippen LogP contribution in [0.5, 0.6) is 11.5 Å². The van der Waals surface area contributed by atoms with Crippen LogP contribution < -0.4 is 9.64 Å². The molecule has 1 heterocycles. The Labute approximate surface area is 173 Å². The van der Waals surface area contributed by atoms with E-state index in [4.69, 9.17) is 16.3 Å². The van der Waals surface area contributed by atoms with Crippen LogP contribution >= 0.6 is 11.6 Å². The topological polar surface area (TPSA) is 62.1 Å². The van der Waals surface area contributed by atoms with Gasteiger partial charge in [-0.05, 0) is 72.3 Å². The molecule has 144 valence electrons. The van der Waals surface area contributed by atoms with Crippen LogP contribution in [0.4, 0.5) is 5.69 Å². The highest BCUT2D eigenvalue weighted by atomic mass is 35.5. The number of nitrogens with zero attached hydrogens (tertiary/aromatic N) is 2. The lowest BCUT2D eigenvalue weighted by Gasteiger charge is -2.18. The number of carbonyl (C=O) groups is 1. The summed E-state index contributed by atoms with van der Waals surface area (Å²) in [4.78, 5) is 19.4. The van der Waals surface area contributed by atoms with E-state index in [1.807, 2.05) is 36.4 Å². The molecule has 4 rings (SSSR count). The summed E-state index contributed by atoms with van der Waals surface area (Å²) in [6.07, 6.45) is 1.72. The number of carbonyl (C=O) groups excluding carboxylic acids is 1. The third-order valence-electron chi connectivity index (χ3n) is 4.47. The van der Waals surface area contributed by atoms with Gasteiger partial charge in [-0.1, -0.05) is 23.7 Å². The van der Waals surface area contributed by atoms with Crippen molar-refractivity contribution in [3.8, 4) is 11.5 Å². The maximum absolute atomic E-state index is 13.2. The molecule has 0 radical (unpaired) electrons. The van der Waals surface area contributed by atoms with Crippen molar-refractivity contribution < 1.29 is 14.6 Å². The summed E-state index contributed by atoms with van der Waals surface area (Å²) in [6.45, 7) is 0. The Hall–Kier alpha value is -3.57. The molecule has 0 bridgehead atoms. The molecule has 3 aromatic rings. The minimum Gasteiger partial charge on any atom is -0.508 e. The van der Waals surface area contributed by atoms with Gasteiger partial charge in [0.25, 0.3) is 5.91 Å². The molecule has 1 N–H and O–H groups in total. The van der Waals surface area contributed by atoms with E-state index in [1.54, 1.807) is 37.5 Å². The first kappa shape index (κ1) is 18.8. The lowest BCUT2D eigenvalue weighted by molar-refractivity contribution is -0.113. The van der Waals surface area contributed by atoms with E-state index in [-0.39, 0.29) is 11.7 Å². The van der Waals surface area contributed by atoms with Gasteiger partial charge in [0, 0.05) is 10.6 Å². The average Bonchev–Trinajstić information content (AvgIpc) is 3.05. The number of rotatable bonds is 4. The Balaban J connectivity index is 1.81. The number of benzene rings is 3. The number of anilines is 1. The minimum atomic E-state index is -0.261. The Morgan fingerprint density at radius 1 is 1.03 bits per heavy atom. The monoisotopic (exact) mass is 404 g/mol. The summed E-state index contributed by atoms with van der Waals surface area (Å²) < 4.78 is 5.25. The van der Waals surface area contributed by atoms with E-state index in [9.17, 15) is 9.90 Å². The number of hydrogen-bond donors (Lipinski definition) is 1. The number of aliphatic imine (C=N–C) groups is 1. The number of amidine groups is 1. The largest absolute Gasteiger partial charge is 0.508 e. The number of methoxy groups -OCH3 is 1. The summed E-state index contributed by atoms with van der Waals surface area (Å²) in [5, 5.41) is 10.2. The molecule has 6 heteroatoms. The maximum Gasteiger partial charge on any atom is 0.282 e. The maximum atomic E-state index is 13.2. The normalized spacial score (nSPS) is 15.0. The molecule has 0 atom stereocenters. The Kier molecular flexibility index (Phi) is 5.06. The van der Waals surface area contributed by atoms with E-state index in [2.05, 4.69) is 4.99 Å². The van der Waals surface area contributed by atoms with Gasteiger partial charge in [-0.25, -0.2) is 4.99 Å². The van der Waals surface area contributed by atoms with E-state index in [1.165, 1.54) is 17.0 Å². The first-order chi connectivity index (χ1) is 14.0. The third-order valence-corrected chi connectivity index (χ3v) is 4.72. The second-order valence-corrected chi connectivity index (χ2v) is 6.84. The van der Waals surface area contributed by atoms with Gasteiger partial charge in [-0.15, -0.1) is 0 Å². The molecule has 0 aromatic heterocycles. The Morgan fingerprint density at radius 3 is 2.45 bits per heavy atom. The van der Waals surface area contributed by atoms with Gasteiger partial charge >= 0.3 is 0 Å². The molecule has 0 spiro atoms. The van der Waals surface area contributed by atoms with Gasteiger partial charge in [0.05, 0.1) is 12.8 Å². The predicted octanol–water partition coefficient (Wildman–Crippen LogP) is 4.89. The smallest absolute Gasteiger partial charge is 0.282 e. The fourth-order valence-electron chi connectivity index (χ4n) is 3.04. The van der Waals surface area contributed by atoms with Crippen molar-refractivity contribution in [2.75, 3.05) is 12.0 Å². The molecular formula is C23H17ClN2O3. The first-order valence-corrected chi connectivity index (χ1v) is 9.27. The predicted molar refractivity (Wildman–Crippen MR) is 115 cm³/mol. The molecule has 0 saturated heterocycles. The Bertz CT molecular complexity index is 1120. The molecule has 0 aliphatic carbocycles. The second kappa shape index (κ2) is 7.81. The lowest BCUT2D eigenvalue weighted by atomic mass is 10.1. The number of ether oxygens (including phenoxy) is 1. The van der Waals surface area contributed by atoms with E-state index >= 15 is 0 Å². The number of phenolic OH excluding ortho intramolecular Hbond substituents is 1. The zero-order valence-corrected chi connectivity index (χ0v) is 16.3. The summed E-state index contributed by atoms with van der Waals surface area (Å²) in [5.41, 5.74) is 2.47. The quantitative estimate of drug-likeness (QED) is 0.630. The fraction of sp³-hybridized carbons (Fsp3) is 0.0435. The fourth-order valence-corrected chi connectivity index (χ4v) is 3.17. The van der Waals surface area contributed by atoms with Crippen molar-refractivity contribution in [3.05, 3.63) is 94.6 Å². The molecule has 1 amide bonds. The molecule has 0 saturated carbocycles. The van der Waals surface area contributed by atoms with Crippen molar-refractivity contribution in [1.29, 1.82) is 0 Å². The van der Waals surface area contributed by atoms with Gasteiger partial charge in [-0.2, -0.15) is 0 Å². The van der Waals surface area contributed by atoms with Gasteiger partial charge in [0.15, 0.2) is 0 Å². The molecular weight excluding hydrogens is 388 g/mol. The highest BCUT2D eigenvalue weighted by Crippen LogP contribution is 2.29. The number of halogens is 1. The minimum absolute atomic E-state index is 0.123. The van der Waals surface area contributed by atoms with Crippen molar-refractivity contribution in [1.82, 2.24) is 0 Å². The van der Waals surface area contributed by atoms with Crippen LogP contribution in [0.3, 0.4) is 0 Å². The van der Waals surface area contributed by atoms with Crippen molar-refractivity contribution in [2.45, 2.75) is 0 Å². The zero-order valence-electron chi connectivity index (χ0n) is 15.5.